The van der Waals surface area contributed by atoms with E-state index < -0.39 is 22.9 Å². The molecule has 0 spiro atoms. The summed E-state index contributed by atoms with van der Waals surface area (Å²) >= 11 is 0. The fraction of sp³-hybridized carbons (Fsp3) is 0.875. The lowest BCUT2D eigenvalue weighted by atomic mass is 9.95. The van der Waals surface area contributed by atoms with Crippen LogP contribution >= 0.6 is 0 Å². The van der Waals surface area contributed by atoms with Crippen LogP contribution in [-0.2, 0) is 19.3 Å². The minimum absolute atomic E-state index is 0.0385. The van der Waals surface area contributed by atoms with E-state index in [2.05, 4.69) is 21.2 Å². The van der Waals surface area contributed by atoms with E-state index in [0.717, 1.165) is 0 Å². The average Bonchev–Trinajstić information content (AvgIpc) is 2.60. The van der Waals surface area contributed by atoms with E-state index in [1.54, 1.807) is 13.8 Å². The third-order valence-electron chi connectivity index (χ3n) is 3.66. The number of hydroxylamine groups is 2. The maximum atomic E-state index is 12.4. The largest absolute Gasteiger partial charge is 0.394 e. The minimum atomic E-state index is -1.22. The molecule has 2 unspecified atom stereocenters. The highest BCUT2D eigenvalue weighted by atomic mass is 16.7. The van der Waals surface area contributed by atoms with Crippen molar-refractivity contribution in [1.29, 1.82) is 0 Å². The molecule has 0 rings (SSSR count). The molecule has 10 nitrogen and oxygen atoms in total. The van der Waals surface area contributed by atoms with Gasteiger partial charge in [-0.1, -0.05) is 26.7 Å². The number of azo groups is 1. The number of hydrogen-bond donors (Lipinski definition) is 4. The normalized spacial score (nSPS) is 16.1. The zero-order valence-electron chi connectivity index (χ0n) is 16.1. The Balaban J connectivity index is 5.28. The number of nitrogens with zero attached hydrogens (tertiary/aromatic N) is 2. The van der Waals surface area contributed by atoms with E-state index >= 15 is 0 Å². The highest BCUT2D eigenvalue weighted by Gasteiger charge is 2.37. The first-order chi connectivity index (χ1) is 12.3. The second kappa shape index (κ2) is 12.7. The molecular weight excluding hydrogens is 344 g/mol. The SMILES string of the molecule is CCCC(C)(N=NC(C)(CCC)C(=O)NOCCO)C(=O)NOCCO. The molecule has 10 heteroatoms. The van der Waals surface area contributed by atoms with E-state index in [9.17, 15) is 9.59 Å². The van der Waals surface area contributed by atoms with Crippen molar-refractivity contribution in [2.24, 2.45) is 10.2 Å². The highest BCUT2D eigenvalue weighted by Crippen LogP contribution is 2.24. The van der Waals surface area contributed by atoms with Crippen LogP contribution in [0, 0.1) is 0 Å². The van der Waals surface area contributed by atoms with Crippen molar-refractivity contribution in [3.63, 3.8) is 0 Å². The van der Waals surface area contributed by atoms with Crippen molar-refractivity contribution >= 4 is 11.8 Å². The molecule has 0 saturated carbocycles. The number of hydrogen-bond acceptors (Lipinski definition) is 8. The van der Waals surface area contributed by atoms with Crippen molar-refractivity contribution in [2.75, 3.05) is 26.4 Å². The van der Waals surface area contributed by atoms with Crippen molar-refractivity contribution in [3.05, 3.63) is 0 Å². The van der Waals surface area contributed by atoms with Crippen LogP contribution in [0.25, 0.3) is 0 Å². The zero-order chi connectivity index (χ0) is 20.1. The van der Waals surface area contributed by atoms with Crippen molar-refractivity contribution in [2.45, 2.75) is 64.5 Å². The summed E-state index contributed by atoms with van der Waals surface area (Å²) in [6.45, 7) is 6.47. The van der Waals surface area contributed by atoms with Gasteiger partial charge in [-0.2, -0.15) is 10.2 Å². The number of nitrogens with one attached hydrogen (secondary N) is 2. The minimum Gasteiger partial charge on any atom is -0.394 e. The molecule has 0 bridgehead atoms. The summed E-state index contributed by atoms with van der Waals surface area (Å²) in [6.07, 6.45) is 2.13. The molecule has 152 valence electrons. The summed E-state index contributed by atoms with van der Waals surface area (Å²) in [5.41, 5.74) is 2.05. The van der Waals surface area contributed by atoms with Crippen molar-refractivity contribution < 1.29 is 29.5 Å². The summed E-state index contributed by atoms with van der Waals surface area (Å²) in [5.74, 6) is -1.01. The van der Waals surface area contributed by atoms with Gasteiger partial charge in [0.25, 0.3) is 11.8 Å². The van der Waals surface area contributed by atoms with Crippen LogP contribution in [-0.4, -0.2) is 59.5 Å². The standard InChI is InChI=1S/C16H32N4O6/c1-5-7-15(3,13(23)17-25-11-9-21)19-20-16(4,8-6-2)14(24)18-26-12-10-22/h21-22H,5-12H2,1-4H3,(H,17,23)(H,18,24). The van der Waals surface area contributed by atoms with E-state index in [1.165, 1.54) is 0 Å². The van der Waals surface area contributed by atoms with Gasteiger partial charge in [0.1, 0.15) is 0 Å². The molecule has 0 aliphatic carbocycles. The average molecular weight is 376 g/mol. The van der Waals surface area contributed by atoms with Gasteiger partial charge in [-0.3, -0.25) is 19.3 Å². The molecule has 0 radical (unpaired) electrons. The summed E-state index contributed by atoms with van der Waals surface area (Å²) in [4.78, 5) is 34.4. The van der Waals surface area contributed by atoms with E-state index in [-0.39, 0.29) is 26.4 Å². The molecule has 2 atom stereocenters. The van der Waals surface area contributed by atoms with Gasteiger partial charge < -0.3 is 10.2 Å². The molecule has 0 aliphatic rings. The predicted octanol–water partition coefficient (Wildman–Crippen LogP) is 0.636. The fourth-order valence-corrected chi connectivity index (χ4v) is 2.16. The van der Waals surface area contributed by atoms with Crippen LogP contribution in [0.1, 0.15) is 53.4 Å². The Bertz CT molecular complexity index is 422. The molecule has 0 aliphatic heterocycles. The fourth-order valence-electron chi connectivity index (χ4n) is 2.16. The number of carbonyl (C=O) groups is 2. The second-order valence-electron chi connectivity index (χ2n) is 6.25. The number of aliphatic hydroxyl groups excluding tert-OH is 2. The number of aliphatic hydroxyl groups is 2. The molecule has 2 amide bonds. The number of amides is 2. The van der Waals surface area contributed by atoms with E-state index in [0.29, 0.717) is 25.7 Å². The molecule has 0 aromatic heterocycles. The Labute approximate surface area is 154 Å². The Morgan fingerprint density at radius 3 is 1.46 bits per heavy atom. The third-order valence-corrected chi connectivity index (χ3v) is 3.66. The quantitative estimate of drug-likeness (QED) is 0.199. The summed E-state index contributed by atoms with van der Waals surface area (Å²) < 4.78 is 0. The lowest BCUT2D eigenvalue weighted by Crippen LogP contribution is -2.46. The van der Waals surface area contributed by atoms with E-state index in [4.69, 9.17) is 19.9 Å². The summed E-state index contributed by atoms with van der Waals surface area (Å²) in [6, 6.07) is 0. The van der Waals surface area contributed by atoms with Crippen LogP contribution in [0.2, 0.25) is 0 Å². The van der Waals surface area contributed by atoms with Crippen LogP contribution in [0.4, 0.5) is 0 Å². The lowest BCUT2D eigenvalue weighted by Gasteiger charge is -2.26. The van der Waals surface area contributed by atoms with Crippen LogP contribution in [0.15, 0.2) is 10.2 Å². The second-order valence-corrected chi connectivity index (χ2v) is 6.25. The van der Waals surface area contributed by atoms with Gasteiger partial charge >= 0.3 is 0 Å². The molecule has 26 heavy (non-hydrogen) atoms. The van der Waals surface area contributed by atoms with Gasteiger partial charge in [0.15, 0.2) is 11.1 Å². The Morgan fingerprint density at radius 2 is 1.19 bits per heavy atom. The maximum Gasteiger partial charge on any atom is 0.273 e. The first-order valence-corrected chi connectivity index (χ1v) is 8.79. The van der Waals surface area contributed by atoms with Crippen LogP contribution in [0.5, 0.6) is 0 Å². The molecular formula is C16H32N4O6. The van der Waals surface area contributed by atoms with Gasteiger partial charge in [-0.25, -0.2) is 11.0 Å². The monoisotopic (exact) mass is 376 g/mol. The molecule has 0 aromatic carbocycles. The first kappa shape index (κ1) is 24.4. The lowest BCUT2D eigenvalue weighted by molar-refractivity contribution is -0.141. The van der Waals surface area contributed by atoms with Gasteiger partial charge in [-0.15, -0.1) is 0 Å². The topological polar surface area (TPSA) is 142 Å². The smallest absolute Gasteiger partial charge is 0.273 e. The van der Waals surface area contributed by atoms with Gasteiger partial charge in [0.05, 0.1) is 26.4 Å². The third kappa shape index (κ3) is 8.17. The number of carbonyl (C=O) groups excluding carboxylic acids is 2. The summed E-state index contributed by atoms with van der Waals surface area (Å²) in [7, 11) is 0. The predicted molar refractivity (Wildman–Crippen MR) is 93.8 cm³/mol. The molecule has 0 aromatic rings. The Hall–Kier alpha value is -1.62. The zero-order valence-corrected chi connectivity index (χ0v) is 16.1. The van der Waals surface area contributed by atoms with Crippen molar-refractivity contribution in [3.8, 4) is 0 Å². The number of rotatable bonds is 14. The van der Waals surface area contributed by atoms with Crippen LogP contribution in [0.3, 0.4) is 0 Å². The first-order valence-electron chi connectivity index (χ1n) is 8.79. The summed E-state index contributed by atoms with van der Waals surface area (Å²) in [5, 5.41) is 25.8. The van der Waals surface area contributed by atoms with Gasteiger partial charge in [-0.05, 0) is 26.7 Å². The molecule has 4 N–H and O–H groups in total. The van der Waals surface area contributed by atoms with Crippen molar-refractivity contribution in [1.82, 2.24) is 11.0 Å². The molecule has 0 saturated heterocycles. The van der Waals surface area contributed by atoms with Crippen LogP contribution < -0.4 is 11.0 Å². The molecule has 0 heterocycles. The van der Waals surface area contributed by atoms with E-state index in [1.807, 2.05) is 13.8 Å². The van der Waals surface area contributed by atoms with Gasteiger partial charge in [0.2, 0.25) is 0 Å². The van der Waals surface area contributed by atoms with Gasteiger partial charge in [0, 0.05) is 0 Å². The Kier molecular flexibility index (Phi) is 11.9. The molecule has 0 fully saturated rings. The highest BCUT2D eigenvalue weighted by molar-refractivity contribution is 5.86. The Morgan fingerprint density at radius 1 is 0.846 bits per heavy atom. The maximum absolute atomic E-state index is 12.4.